The van der Waals surface area contributed by atoms with Crippen LogP contribution in [0.1, 0.15) is 5.56 Å². The maximum absolute atomic E-state index is 9.38. The highest BCUT2D eigenvalue weighted by atomic mass is 35.5. The summed E-state index contributed by atoms with van der Waals surface area (Å²) in [6, 6.07) is 5.01. The Kier molecular flexibility index (Phi) is 2.98. The molecule has 17 heavy (non-hydrogen) atoms. The number of aromatic hydroxyl groups is 1. The first-order valence-electron chi connectivity index (χ1n) is 5.11. The molecule has 0 aliphatic carbocycles. The smallest absolute Gasteiger partial charge is 0.214 e. The van der Waals surface area contributed by atoms with Crippen LogP contribution in [0, 0.1) is 6.92 Å². The average Bonchev–Trinajstić information content (AvgIpc) is 2.58. The van der Waals surface area contributed by atoms with Gasteiger partial charge in [-0.05, 0) is 25.1 Å². The maximum Gasteiger partial charge on any atom is 0.214 e. The molecule has 1 N–H and O–H groups in total. The quantitative estimate of drug-likeness (QED) is 0.894. The van der Waals surface area contributed by atoms with Crippen LogP contribution in [0.2, 0.25) is 5.02 Å². The molecule has 0 amide bonds. The van der Waals surface area contributed by atoms with E-state index in [1.54, 1.807) is 30.0 Å². The molecule has 5 heteroatoms. The second-order valence-electron chi connectivity index (χ2n) is 3.77. The van der Waals surface area contributed by atoms with Crippen molar-refractivity contribution in [2.45, 2.75) is 6.92 Å². The first-order chi connectivity index (χ1) is 8.04. The summed E-state index contributed by atoms with van der Waals surface area (Å²) in [7, 11) is 3.43. The second-order valence-corrected chi connectivity index (χ2v) is 4.18. The van der Waals surface area contributed by atoms with Gasteiger partial charge in [0.2, 0.25) is 5.88 Å². The molecule has 4 nitrogen and oxygen atoms in total. The molecule has 2 rings (SSSR count). The van der Waals surface area contributed by atoms with Crippen LogP contribution >= 0.6 is 11.6 Å². The van der Waals surface area contributed by atoms with Gasteiger partial charge in [-0.3, -0.25) is 0 Å². The molecule has 0 bridgehead atoms. The topological polar surface area (TPSA) is 47.3 Å². The molecular weight excluding hydrogens is 240 g/mol. The van der Waals surface area contributed by atoms with Gasteiger partial charge < -0.3 is 9.84 Å². The van der Waals surface area contributed by atoms with Crippen molar-refractivity contribution >= 4 is 11.6 Å². The lowest BCUT2D eigenvalue weighted by atomic mass is 10.1. The summed E-state index contributed by atoms with van der Waals surface area (Å²) in [5.74, 6) is 0.778. The van der Waals surface area contributed by atoms with E-state index in [9.17, 15) is 5.11 Å². The SMILES string of the molecule is COc1c(C)c(-c2ccc(O)c(Cl)c2)nn1C. The zero-order chi connectivity index (χ0) is 12.6. The first kappa shape index (κ1) is 11.8. The molecule has 0 radical (unpaired) electrons. The van der Waals surface area contributed by atoms with Crippen LogP contribution < -0.4 is 4.74 Å². The highest BCUT2D eigenvalue weighted by Gasteiger charge is 2.15. The van der Waals surface area contributed by atoms with E-state index in [0.717, 1.165) is 16.8 Å². The molecule has 90 valence electrons. The van der Waals surface area contributed by atoms with Crippen LogP contribution in [0.3, 0.4) is 0 Å². The predicted octanol–water partition coefficient (Wildman–Crippen LogP) is 2.76. The van der Waals surface area contributed by atoms with Crippen LogP contribution in [0.4, 0.5) is 0 Å². The molecule has 0 aliphatic rings. The van der Waals surface area contributed by atoms with Crippen molar-refractivity contribution in [2.24, 2.45) is 7.05 Å². The van der Waals surface area contributed by atoms with Crippen LogP contribution in [0.5, 0.6) is 11.6 Å². The van der Waals surface area contributed by atoms with E-state index in [-0.39, 0.29) is 5.75 Å². The van der Waals surface area contributed by atoms with Gasteiger partial charge in [-0.25, -0.2) is 4.68 Å². The largest absolute Gasteiger partial charge is 0.506 e. The van der Waals surface area contributed by atoms with Crippen LogP contribution in [0.15, 0.2) is 18.2 Å². The van der Waals surface area contributed by atoms with Gasteiger partial charge >= 0.3 is 0 Å². The minimum Gasteiger partial charge on any atom is -0.506 e. The van der Waals surface area contributed by atoms with Gasteiger partial charge in [0.15, 0.2) is 0 Å². The van der Waals surface area contributed by atoms with Crippen molar-refractivity contribution in [3.05, 3.63) is 28.8 Å². The summed E-state index contributed by atoms with van der Waals surface area (Å²) < 4.78 is 6.92. The summed E-state index contributed by atoms with van der Waals surface area (Å²) in [6.45, 7) is 1.93. The molecule has 2 aromatic rings. The zero-order valence-electron chi connectivity index (χ0n) is 9.86. The standard InChI is InChI=1S/C12H13ClN2O2/c1-7-11(14-15(2)12(7)17-3)8-4-5-10(16)9(13)6-8/h4-6,16H,1-3H3. The van der Waals surface area contributed by atoms with Crippen LogP contribution in [0.25, 0.3) is 11.3 Å². The predicted molar refractivity (Wildman–Crippen MR) is 66.6 cm³/mol. The van der Waals surface area contributed by atoms with Crippen molar-refractivity contribution in [3.8, 4) is 22.9 Å². The van der Waals surface area contributed by atoms with E-state index in [1.807, 2.05) is 14.0 Å². The lowest BCUT2D eigenvalue weighted by molar-refractivity contribution is 0.371. The van der Waals surface area contributed by atoms with Crippen molar-refractivity contribution in [1.29, 1.82) is 0 Å². The monoisotopic (exact) mass is 252 g/mol. The molecule has 1 heterocycles. The average molecular weight is 253 g/mol. The number of rotatable bonds is 2. The summed E-state index contributed by atoms with van der Waals surface area (Å²) in [5.41, 5.74) is 2.59. The highest BCUT2D eigenvalue weighted by Crippen LogP contribution is 2.33. The van der Waals surface area contributed by atoms with E-state index >= 15 is 0 Å². The van der Waals surface area contributed by atoms with Gasteiger partial charge in [0.25, 0.3) is 0 Å². The Hall–Kier alpha value is -1.68. The van der Waals surface area contributed by atoms with Gasteiger partial charge in [0.05, 0.1) is 17.8 Å². The van der Waals surface area contributed by atoms with Crippen LogP contribution in [-0.4, -0.2) is 22.0 Å². The van der Waals surface area contributed by atoms with E-state index in [2.05, 4.69) is 5.10 Å². The third-order valence-electron chi connectivity index (χ3n) is 2.63. The Morgan fingerprint density at radius 3 is 2.65 bits per heavy atom. The number of aryl methyl sites for hydroxylation is 1. The normalized spacial score (nSPS) is 10.6. The Balaban J connectivity index is 2.57. The number of phenolic OH excluding ortho intramolecular Hbond substituents is 1. The van der Waals surface area contributed by atoms with E-state index in [4.69, 9.17) is 16.3 Å². The summed E-state index contributed by atoms with van der Waals surface area (Å²) in [5, 5.41) is 14.1. The Morgan fingerprint density at radius 1 is 1.41 bits per heavy atom. The van der Waals surface area contributed by atoms with E-state index in [1.165, 1.54) is 0 Å². The number of aromatic nitrogens is 2. The molecule has 0 fully saturated rings. The van der Waals surface area contributed by atoms with Crippen LogP contribution in [-0.2, 0) is 7.05 Å². The lowest BCUT2D eigenvalue weighted by Gasteiger charge is -2.01. The Labute approximate surface area is 104 Å². The molecule has 0 unspecified atom stereocenters. The molecular formula is C12H13ClN2O2. The van der Waals surface area contributed by atoms with Gasteiger partial charge in [0.1, 0.15) is 5.75 Å². The van der Waals surface area contributed by atoms with Crippen molar-refractivity contribution < 1.29 is 9.84 Å². The summed E-state index contributed by atoms with van der Waals surface area (Å²) >= 11 is 5.88. The second kappa shape index (κ2) is 4.30. The first-order valence-corrected chi connectivity index (χ1v) is 5.49. The number of halogens is 1. The van der Waals surface area contributed by atoms with Gasteiger partial charge in [0, 0.05) is 18.2 Å². The fraction of sp³-hybridized carbons (Fsp3) is 0.250. The highest BCUT2D eigenvalue weighted by molar-refractivity contribution is 6.32. The van der Waals surface area contributed by atoms with Crippen molar-refractivity contribution in [2.75, 3.05) is 7.11 Å². The number of nitrogens with zero attached hydrogens (tertiary/aromatic N) is 2. The van der Waals surface area contributed by atoms with Crippen molar-refractivity contribution in [3.63, 3.8) is 0 Å². The summed E-state index contributed by atoms with van der Waals surface area (Å²) in [6.07, 6.45) is 0. The number of benzene rings is 1. The number of hydrogen-bond acceptors (Lipinski definition) is 3. The molecule has 1 aromatic heterocycles. The molecule has 1 aromatic carbocycles. The number of hydrogen-bond donors (Lipinski definition) is 1. The van der Waals surface area contributed by atoms with Gasteiger partial charge in [-0.15, -0.1) is 0 Å². The Morgan fingerprint density at radius 2 is 2.12 bits per heavy atom. The third-order valence-corrected chi connectivity index (χ3v) is 2.94. The van der Waals surface area contributed by atoms with E-state index < -0.39 is 0 Å². The minimum absolute atomic E-state index is 0.0657. The Bertz CT molecular complexity index is 564. The minimum atomic E-state index is 0.0657. The van der Waals surface area contributed by atoms with Gasteiger partial charge in [-0.2, -0.15) is 5.10 Å². The molecule has 0 spiro atoms. The molecule has 0 saturated carbocycles. The number of phenols is 1. The zero-order valence-corrected chi connectivity index (χ0v) is 10.6. The summed E-state index contributed by atoms with van der Waals surface area (Å²) in [4.78, 5) is 0. The number of methoxy groups -OCH3 is 1. The fourth-order valence-electron chi connectivity index (χ4n) is 1.83. The molecule has 0 saturated heterocycles. The maximum atomic E-state index is 9.38. The molecule has 0 atom stereocenters. The van der Waals surface area contributed by atoms with Crippen molar-refractivity contribution in [1.82, 2.24) is 9.78 Å². The van der Waals surface area contributed by atoms with Gasteiger partial charge in [-0.1, -0.05) is 11.6 Å². The molecule has 0 aliphatic heterocycles. The lowest BCUT2D eigenvalue weighted by Crippen LogP contribution is -1.95. The third kappa shape index (κ3) is 1.96. The fourth-order valence-corrected chi connectivity index (χ4v) is 2.01. The number of ether oxygens (including phenoxy) is 1. The van der Waals surface area contributed by atoms with E-state index in [0.29, 0.717) is 10.9 Å².